The second-order valence-corrected chi connectivity index (χ2v) is 11.7. The van der Waals surface area contributed by atoms with Gasteiger partial charge in [-0.1, -0.05) is 38.2 Å². The summed E-state index contributed by atoms with van der Waals surface area (Å²) >= 11 is 2.42. The second kappa shape index (κ2) is 9.34. The molecular formula is C27H23N3O6S2. The van der Waals surface area contributed by atoms with Gasteiger partial charge in [-0.25, -0.2) is 4.98 Å². The molecule has 38 heavy (non-hydrogen) atoms. The number of benzene rings is 2. The van der Waals surface area contributed by atoms with Gasteiger partial charge in [-0.2, -0.15) is 0 Å². The van der Waals surface area contributed by atoms with Crippen LogP contribution in [-0.2, 0) is 15.0 Å². The molecule has 5 rings (SSSR count). The number of rotatable bonds is 5. The van der Waals surface area contributed by atoms with E-state index >= 15 is 0 Å². The van der Waals surface area contributed by atoms with E-state index in [0.29, 0.717) is 26.4 Å². The van der Waals surface area contributed by atoms with Crippen molar-refractivity contribution in [3.05, 3.63) is 85.6 Å². The Labute approximate surface area is 225 Å². The van der Waals surface area contributed by atoms with Crippen molar-refractivity contribution in [1.82, 2.24) is 4.98 Å². The number of Topliss-reactive ketones (excluding diaryl/α,β-unsaturated/α-hetero) is 1. The van der Waals surface area contributed by atoms with Crippen molar-refractivity contribution in [1.29, 1.82) is 0 Å². The molecule has 1 unspecified atom stereocenters. The van der Waals surface area contributed by atoms with Crippen molar-refractivity contribution >= 4 is 61.2 Å². The number of carbonyl (C=O) groups is 2. The van der Waals surface area contributed by atoms with Crippen LogP contribution in [-0.4, -0.2) is 33.8 Å². The van der Waals surface area contributed by atoms with E-state index < -0.39 is 22.7 Å². The minimum atomic E-state index is -0.911. The van der Waals surface area contributed by atoms with Gasteiger partial charge < -0.3 is 9.84 Å². The van der Waals surface area contributed by atoms with Crippen molar-refractivity contribution in [3.63, 3.8) is 0 Å². The minimum Gasteiger partial charge on any atom is -0.507 e. The number of nitro benzene ring substituents is 1. The summed E-state index contributed by atoms with van der Waals surface area (Å²) in [6, 6.07) is 12.1. The number of thiophene rings is 1. The molecule has 1 atom stereocenters. The maximum atomic E-state index is 13.4. The Morgan fingerprint density at radius 3 is 2.55 bits per heavy atom. The van der Waals surface area contributed by atoms with E-state index in [1.54, 1.807) is 37.4 Å². The van der Waals surface area contributed by atoms with Gasteiger partial charge in [0.05, 0.1) is 27.8 Å². The summed E-state index contributed by atoms with van der Waals surface area (Å²) in [5.41, 5.74) is 1.22. The average Bonchev–Trinajstić information content (AvgIpc) is 3.60. The molecule has 9 nitrogen and oxygen atoms in total. The molecule has 3 heterocycles. The van der Waals surface area contributed by atoms with E-state index in [4.69, 9.17) is 4.74 Å². The molecule has 2 aromatic heterocycles. The fourth-order valence-electron chi connectivity index (χ4n) is 4.46. The Morgan fingerprint density at radius 2 is 1.92 bits per heavy atom. The molecule has 1 amide bonds. The van der Waals surface area contributed by atoms with E-state index in [2.05, 4.69) is 4.98 Å². The van der Waals surface area contributed by atoms with Crippen LogP contribution < -0.4 is 9.64 Å². The van der Waals surface area contributed by atoms with Crippen LogP contribution in [0.3, 0.4) is 0 Å². The van der Waals surface area contributed by atoms with Crippen LogP contribution in [0.15, 0.2) is 59.5 Å². The molecule has 0 radical (unpaired) electrons. The third-order valence-electron chi connectivity index (χ3n) is 6.32. The number of hydrogen-bond acceptors (Lipinski definition) is 9. The van der Waals surface area contributed by atoms with E-state index in [0.717, 1.165) is 16.9 Å². The Bertz CT molecular complexity index is 1630. The fraction of sp³-hybridized carbons (Fsp3) is 0.222. The van der Waals surface area contributed by atoms with Gasteiger partial charge in [0.15, 0.2) is 5.13 Å². The highest BCUT2D eigenvalue weighted by Crippen LogP contribution is 2.46. The highest BCUT2D eigenvalue weighted by atomic mass is 32.1. The van der Waals surface area contributed by atoms with E-state index in [9.17, 15) is 24.8 Å². The van der Waals surface area contributed by atoms with Gasteiger partial charge in [-0.15, -0.1) is 11.3 Å². The molecule has 0 spiro atoms. The van der Waals surface area contributed by atoms with Crippen LogP contribution in [0, 0.1) is 10.1 Å². The first-order valence-electron chi connectivity index (χ1n) is 11.6. The summed E-state index contributed by atoms with van der Waals surface area (Å²) in [7, 11) is 1.57. The third-order valence-corrected chi connectivity index (χ3v) is 8.26. The van der Waals surface area contributed by atoms with E-state index in [1.807, 2.05) is 26.2 Å². The molecule has 194 valence electrons. The van der Waals surface area contributed by atoms with Crippen LogP contribution in [0.25, 0.3) is 16.0 Å². The first-order chi connectivity index (χ1) is 18.0. The molecule has 11 heteroatoms. The van der Waals surface area contributed by atoms with Crippen LogP contribution in [0.5, 0.6) is 5.75 Å². The minimum absolute atomic E-state index is 0.0484. The summed E-state index contributed by atoms with van der Waals surface area (Å²) < 4.78 is 6.01. The van der Waals surface area contributed by atoms with Gasteiger partial charge in [-0.05, 0) is 41.1 Å². The number of nitrogens with zero attached hydrogens (tertiary/aromatic N) is 3. The molecule has 1 fully saturated rings. The van der Waals surface area contributed by atoms with Crippen molar-refractivity contribution in [2.45, 2.75) is 32.2 Å². The van der Waals surface area contributed by atoms with E-state index in [-0.39, 0.29) is 27.6 Å². The number of aromatic nitrogens is 1. The zero-order chi connectivity index (χ0) is 27.4. The number of non-ortho nitro benzene ring substituents is 1. The van der Waals surface area contributed by atoms with Gasteiger partial charge in [0.1, 0.15) is 17.6 Å². The number of thiazole rings is 1. The van der Waals surface area contributed by atoms with Crippen molar-refractivity contribution in [2.24, 2.45) is 0 Å². The molecule has 0 aliphatic carbocycles. The Morgan fingerprint density at radius 1 is 1.16 bits per heavy atom. The summed E-state index contributed by atoms with van der Waals surface area (Å²) in [5, 5.41) is 24.7. The molecule has 1 N–H and O–H groups in total. The van der Waals surface area contributed by atoms with E-state index in [1.165, 1.54) is 34.4 Å². The smallest absolute Gasteiger partial charge is 0.301 e. The molecule has 1 saturated heterocycles. The lowest BCUT2D eigenvalue weighted by atomic mass is 9.84. The van der Waals surface area contributed by atoms with Gasteiger partial charge in [-0.3, -0.25) is 24.6 Å². The standard InChI is InChI=1S/C27H23N3O6S2/c1-27(2,3)16-12-14(7-10-18(16)36-4)23(31)21-22(19-6-5-11-37-19)29(25(33)24(21)32)26-28-17-9-8-15(30(34)35)13-20(17)38-26/h5-13,22,31H,1-4H3/b23-21+. The number of aliphatic hydroxyl groups is 1. The van der Waals surface area contributed by atoms with Crippen LogP contribution >= 0.6 is 22.7 Å². The average molecular weight is 550 g/mol. The number of ketones is 1. The second-order valence-electron chi connectivity index (χ2n) is 9.76. The number of aliphatic hydroxyl groups excluding tert-OH is 1. The summed E-state index contributed by atoms with van der Waals surface area (Å²) in [6.07, 6.45) is 0. The Hall–Kier alpha value is -4.09. The molecule has 1 aliphatic rings. The van der Waals surface area contributed by atoms with Crippen LogP contribution in [0.4, 0.5) is 10.8 Å². The largest absolute Gasteiger partial charge is 0.507 e. The number of anilines is 1. The lowest BCUT2D eigenvalue weighted by Crippen LogP contribution is -2.28. The van der Waals surface area contributed by atoms with Gasteiger partial charge in [0.25, 0.3) is 11.5 Å². The van der Waals surface area contributed by atoms with Crippen LogP contribution in [0.2, 0.25) is 0 Å². The van der Waals surface area contributed by atoms with Crippen LogP contribution in [0.1, 0.15) is 42.8 Å². The lowest BCUT2D eigenvalue weighted by molar-refractivity contribution is -0.384. The number of hydrogen-bond donors (Lipinski definition) is 1. The van der Waals surface area contributed by atoms with Gasteiger partial charge in [0, 0.05) is 28.1 Å². The number of amides is 1. The van der Waals surface area contributed by atoms with Crippen molar-refractivity contribution in [3.8, 4) is 5.75 Å². The highest BCUT2D eigenvalue weighted by molar-refractivity contribution is 7.22. The first-order valence-corrected chi connectivity index (χ1v) is 13.3. The van der Waals surface area contributed by atoms with Gasteiger partial charge in [0.2, 0.25) is 0 Å². The monoisotopic (exact) mass is 549 g/mol. The number of fused-ring (bicyclic) bond motifs is 1. The molecule has 0 bridgehead atoms. The fourth-order valence-corrected chi connectivity index (χ4v) is 6.31. The summed E-state index contributed by atoms with van der Waals surface area (Å²) in [4.78, 5) is 44.0. The zero-order valence-corrected chi connectivity index (χ0v) is 22.6. The topological polar surface area (TPSA) is 123 Å². The zero-order valence-electron chi connectivity index (χ0n) is 20.9. The Kier molecular flexibility index (Phi) is 6.28. The third kappa shape index (κ3) is 4.23. The van der Waals surface area contributed by atoms with Crippen molar-refractivity contribution in [2.75, 3.05) is 12.0 Å². The lowest BCUT2D eigenvalue weighted by Gasteiger charge is -2.24. The quantitative estimate of drug-likeness (QED) is 0.103. The van der Waals surface area contributed by atoms with Crippen molar-refractivity contribution < 1.29 is 24.4 Å². The molecule has 0 saturated carbocycles. The number of ether oxygens (including phenoxy) is 1. The number of methoxy groups -OCH3 is 1. The predicted molar refractivity (Wildman–Crippen MR) is 147 cm³/mol. The molecule has 2 aromatic carbocycles. The normalized spacial score (nSPS) is 17.4. The SMILES string of the molecule is COc1ccc(/C(O)=C2\C(=O)C(=O)N(c3nc4ccc([N+](=O)[O-])cc4s3)C2c2cccs2)cc1C(C)(C)C. The number of carbonyl (C=O) groups excluding carboxylic acids is 2. The van der Waals surface area contributed by atoms with Gasteiger partial charge >= 0.3 is 5.91 Å². The summed E-state index contributed by atoms with van der Waals surface area (Å²) in [6.45, 7) is 6.03. The molecular weight excluding hydrogens is 526 g/mol. The summed E-state index contributed by atoms with van der Waals surface area (Å²) in [5.74, 6) is -1.32. The maximum Gasteiger partial charge on any atom is 0.301 e. The first kappa shape index (κ1) is 25.6. The molecule has 1 aliphatic heterocycles. The maximum absolute atomic E-state index is 13.4. The number of nitro groups is 1. The highest BCUT2D eigenvalue weighted by Gasteiger charge is 2.48. The molecule has 4 aromatic rings. The Balaban J connectivity index is 1.69. The predicted octanol–water partition coefficient (Wildman–Crippen LogP) is 6.20.